The Bertz CT molecular complexity index is 203. The van der Waals surface area contributed by atoms with E-state index in [9.17, 15) is 13.9 Å². The Labute approximate surface area is 143 Å². The molecule has 2 unspecified atom stereocenters. The van der Waals surface area contributed by atoms with E-state index in [1.165, 1.54) is 44.9 Å². The molecule has 3 nitrogen and oxygen atoms in total. The molecular weight excluding hydrogens is 271 g/mol. The first-order chi connectivity index (χ1) is 8.66. The van der Waals surface area contributed by atoms with Crippen LogP contribution in [0.15, 0.2) is 0 Å². The van der Waals surface area contributed by atoms with Gasteiger partial charge in [0.25, 0.3) is 0 Å². The molecule has 110 valence electrons. The molecule has 0 aliphatic heterocycles. The summed E-state index contributed by atoms with van der Waals surface area (Å²) in [7, 11) is 0. The fourth-order valence-electron chi connectivity index (χ4n) is 2.07. The van der Waals surface area contributed by atoms with Crippen molar-refractivity contribution in [2.75, 3.05) is 5.75 Å². The minimum atomic E-state index is -2.01. The van der Waals surface area contributed by atoms with E-state index < -0.39 is 17.2 Å². The predicted octanol–water partition coefficient (Wildman–Crippen LogP) is 0.541. The molecule has 0 amide bonds. The van der Waals surface area contributed by atoms with Crippen molar-refractivity contribution in [1.82, 2.24) is 0 Å². The van der Waals surface area contributed by atoms with E-state index in [0.29, 0.717) is 6.42 Å². The molecule has 2 atom stereocenters. The van der Waals surface area contributed by atoms with E-state index in [-0.39, 0.29) is 35.3 Å². The quantitative estimate of drug-likeness (QED) is 0.307. The van der Waals surface area contributed by atoms with Gasteiger partial charge in [-0.25, -0.2) is 0 Å². The van der Waals surface area contributed by atoms with Crippen LogP contribution in [-0.4, -0.2) is 25.7 Å². The van der Waals surface area contributed by atoms with Gasteiger partial charge in [0.2, 0.25) is 0 Å². The monoisotopic (exact) mass is 300 g/mol. The number of rotatable bonds is 13. The summed E-state index contributed by atoms with van der Waals surface area (Å²) in [5.74, 6) is 0.0819. The Kier molecular flexibility index (Phi) is 20.1. The third-order valence-corrected chi connectivity index (χ3v) is 3.83. The standard InChI is InChI=1S/C14H30O3S.Na/c1-2-3-4-5-6-7-8-9-10-11-14(15)12-13-18(16)17;/h14-15H,2-13H2,1H3,(H,16,17);/q;+1/p-1. The second kappa shape index (κ2) is 17.1. The van der Waals surface area contributed by atoms with Crippen molar-refractivity contribution in [3.8, 4) is 0 Å². The molecule has 1 N–H and O–H groups in total. The Morgan fingerprint density at radius 1 is 0.947 bits per heavy atom. The van der Waals surface area contributed by atoms with Crippen LogP contribution in [0.4, 0.5) is 0 Å². The summed E-state index contributed by atoms with van der Waals surface area (Å²) in [6, 6.07) is 0. The van der Waals surface area contributed by atoms with Crippen LogP contribution in [0.5, 0.6) is 0 Å². The van der Waals surface area contributed by atoms with Crippen molar-refractivity contribution in [1.29, 1.82) is 0 Å². The maximum Gasteiger partial charge on any atom is 1.00 e. The summed E-state index contributed by atoms with van der Waals surface area (Å²) in [5, 5.41) is 9.52. The third kappa shape index (κ3) is 19.1. The second-order valence-corrected chi connectivity index (χ2v) is 6.08. The predicted molar refractivity (Wildman–Crippen MR) is 76.3 cm³/mol. The van der Waals surface area contributed by atoms with Gasteiger partial charge in [0.05, 0.1) is 6.10 Å². The van der Waals surface area contributed by atoms with E-state index in [4.69, 9.17) is 0 Å². The van der Waals surface area contributed by atoms with Crippen molar-refractivity contribution in [2.24, 2.45) is 0 Å². The first-order valence-electron chi connectivity index (χ1n) is 7.40. The first kappa shape index (κ1) is 22.4. The minimum Gasteiger partial charge on any atom is -0.772 e. The zero-order chi connectivity index (χ0) is 13.6. The van der Waals surface area contributed by atoms with Gasteiger partial charge in [0.1, 0.15) is 0 Å². The number of aliphatic hydroxyl groups excluding tert-OH is 1. The van der Waals surface area contributed by atoms with Gasteiger partial charge in [-0.15, -0.1) is 0 Å². The van der Waals surface area contributed by atoms with Crippen molar-refractivity contribution in [2.45, 2.75) is 83.7 Å². The van der Waals surface area contributed by atoms with E-state index >= 15 is 0 Å². The molecular formula is C14H29NaO3S. The normalized spacial score (nSPS) is 13.8. The van der Waals surface area contributed by atoms with Crippen LogP contribution < -0.4 is 29.6 Å². The largest absolute Gasteiger partial charge is 1.00 e. The van der Waals surface area contributed by atoms with Crippen LogP contribution in [0.1, 0.15) is 77.6 Å². The molecule has 5 heteroatoms. The van der Waals surface area contributed by atoms with Crippen LogP contribution in [0, 0.1) is 0 Å². The molecule has 0 aliphatic rings. The number of unbranched alkanes of at least 4 members (excludes halogenated alkanes) is 8. The van der Waals surface area contributed by atoms with Crippen molar-refractivity contribution in [3.63, 3.8) is 0 Å². The average molecular weight is 300 g/mol. The second-order valence-electron chi connectivity index (χ2n) is 5.07. The molecule has 0 fully saturated rings. The maximum atomic E-state index is 10.3. The first-order valence-corrected chi connectivity index (χ1v) is 8.65. The molecule has 0 radical (unpaired) electrons. The number of aliphatic hydroxyl groups is 1. The number of hydrogen-bond acceptors (Lipinski definition) is 3. The SMILES string of the molecule is CCCCCCCCCCCC(O)CCS(=O)[O-].[Na+]. The maximum absolute atomic E-state index is 10.3. The molecule has 0 rings (SSSR count). The minimum absolute atomic E-state index is 0. The molecule has 0 aromatic carbocycles. The van der Waals surface area contributed by atoms with E-state index in [1.807, 2.05) is 0 Å². The zero-order valence-corrected chi connectivity index (χ0v) is 15.6. The van der Waals surface area contributed by atoms with Crippen LogP contribution in [0.3, 0.4) is 0 Å². The van der Waals surface area contributed by atoms with Gasteiger partial charge in [0.15, 0.2) is 0 Å². The molecule has 19 heavy (non-hydrogen) atoms. The Morgan fingerprint density at radius 3 is 1.89 bits per heavy atom. The molecule has 0 spiro atoms. The van der Waals surface area contributed by atoms with Gasteiger partial charge in [0, 0.05) is 5.75 Å². The molecule has 0 saturated heterocycles. The Hall–Kier alpha value is 1.07. The van der Waals surface area contributed by atoms with Crippen LogP contribution in [0.2, 0.25) is 0 Å². The zero-order valence-electron chi connectivity index (χ0n) is 12.7. The van der Waals surface area contributed by atoms with Gasteiger partial charge in [-0.1, -0.05) is 75.8 Å². The molecule has 0 bridgehead atoms. The molecule has 0 aliphatic carbocycles. The van der Waals surface area contributed by atoms with Crippen molar-refractivity contribution in [3.05, 3.63) is 0 Å². The van der Waals surface area contributed by atoms with E-state index in [1.54, 1.807) is 0 Å². The van der Waals surface area contributed by atoms with Crippen LogP contribution >= 0.6 is 0 Å². The summed E-state index contributed by atoms with van der Waals surface area (Å²) in [4.78, 5) is 0. The van der Waals surface area contributed by atoms with Gasteiger partial charge in [-0.05, 0) is 12.8 Å². The molecule has 0 heterocycles. The fourth-order valence-corrected chi connectivity index (χ4v) is 2.53. The summed E-state index contributed by atoms with van der Waals surface area (Å²) in [5.41, 5.74) is 0. The summed E-state index contributed by atoms with van der Waals surface area (Å²) < 4.78 is 20.6. The average Bonchev–Trinajstić information content (AvgIpc) is 2.34. The summed E-state index contributed by atoms with van der Waals surface area (Å²) in [6.45, 7) is 2.23. The van der Waals surface area contributed by atoms with Crippen molar-refractivity contribution < 1.29 is 43.4 Å². The van der Waals surface area contributed by atoms with E-state index in [2.05, 4.69) is 6.92 Å². The van der Waals surface area contributed by atoms with Crippen LogP contribution in [0.25, 0.3) is 0 Å². The molecule has 0 aromatic heterocycles. The van der Waals surface area contributed by atoms with Gasteiger partial charge in [-0.3, -0.25) is 4.21 Å². The summed E-state index contributed by atoms with van der Waals surface area (Å²) >= 11 is -2.01. The topological polar surface area (TPSA) is 60.4 Å². The molecule has 0 saturated carbocycles. The van der Waals surface area contributed by atoms with E-state index in [0.717, 1.165) is 19.3 Å². The Balaban J connectivity index is 0. The van der Waals surface area contributed by atoms with Gasteiger partial charge < -0.3 is 9.66 Å². The van der Waals surface area contributed by atoms with Gasteiger partial charge in [-0.2, -0.15) is 0 Å². The Morgan fingerprint density at radius 2 is 1.42 bits per heavy atom. The summed E-state index contributed by atoms with van der Waals surface area (Å²) in [6.07, 6.45) is 12.1. The van der Waals surface area contributed by atoms with Crippen LogP contribution in [-0.2, 0) is 11.1 Å². The fraction of sp³-hybridized carbons (Fsp3) is 1.00. The third-order valence-electron chi connectivity index (χ3n) is 3.26. The number of hydrogen-bond donors (Lipinski definition) is 1. The van der Waals surface area contributed by atoms with Crippen molar-refractivity contribution >= 4 is 11.1 Å². The van der Waals surface area contributed by atoms with Gasteiger partial charge >= 0.3 is 29.6 Å². The molecule has 0 aromatic rings. The smallest absolute Gasteiger partial charge is 0.772 e.